The number of benzene rings is 2. The molecule has 1 aliphatic carbocycles. The first-order valence-corrected chi connectivity index (χ1v) is 7.66. The summed E-state index contributed by atoms with van der Waals surface area (Å²) in [7, 11) is 0. The third kappa shape index (κ3) is 1.98. The molecule has 0 saturated carbocycles. The molecule has 0 spiro atoms. The predicted octanol–water partition coefficient (Wildman–Crippen LogP) is 5.98. The standard InChI is InChI=1S/C18H18Cl2/c1-17(2)11-18(3,12-7-9-13(19)10-8-12)16-14(17)5-4-6-15(16)20/h4-10H,11H2,1-3H3. The molecule has 104 valence electrons. The molecule has 3 rings (SSSR count). The minimum absolute atomic E-state index is 0.0538. The molecule has 0 amide bonds. The molecule has 1 atom stereocenters. The Morgan fingerprint density at radius 2 is 1.55 bits per heavy atom. The highest BCUT2D eigenvalue weighted by atomic mass is 35.5. The van der Waals surface area contributed by atoms with Gasteiger partial charge in [-0.1, -0.05) is 68.2 Å². The van der Waals surface area contributed by atoms with E-state index >= 15 is 0 Å². The fraction of sp³-hybridized carbons (Fsp3) is 0.333. The predicted molar refractivity (Wildman–Crippen MR) is 87.0 cm³/mol. The lowest BCUT2D eigenvalue weighted by Gasteiger charge is -2.29. The molecular formula is C18H18Cl2. The summed E-state index contributed by atoms with van der Waals surface area (Å²) < 4.78 is 0. The van der Waals surface area contributed by atoms with Gasteiger partial charge in [0.15, 0.2) is 0 Å². The Morgan fingerprint density at radius 1 is 0.900 bits per heavy atom. The number of hydrogen-bond acceptors (Lipinski definition) is 0. The molecule has 2 aromatic rings. The van der Waals surface area contributed by atoms with Crippen LogP contribution in [0.1, 0.15) is 43.9 Å². The highest BCUT2D eigenvalue weighted by Crippen LogP contribution is 2.54. The van der Waals surface area contributed by atoms with Crippen LogP contribution in [0.25, 0.3) is 0 Å². The van der Waals surface area contributed by atoms with Gasteiger partial charge >= 0.3 is 0 Å². The highest BCUT2D eigenvalue weighted by molar-refractivity contribution is 6.31. The zero-order valence-electron chi connectivity index (χ0n) is 12.0. The minimum atomic E-state index is -0.0538. The molecule has 0 radical (unpaired) electrons. The summed E-state index contributed by atoms with van der Waals surface area (Å²) in [6.07, 6.45) is 1.06. The highest BCUT2D eigenvalue weighted by Gasteiger charge is 2.46. The number of hydrogen-bond donors (Lipinski definition) is 0. The molecule has 0 fully saturated rings. The summed E-state index contributed by atoms with van der Waals surface area (Å²) in [4.78, 5) is 0. The fourth-order valence-electron chi connectivity index (χ4n) is 3.78. The van der Waals surface area contributed by atoms with Crippen molar-refractivity contribution in [3.63, 3.8) is 0 Å². The third-order valence-corrected chi connectivity index (χ3v) is 5.14. The number of fused-ring (bicyclic) bond motifs is 1. The first-order valence-electron chi connectivity index (χ1n) is 6.90. The lowest BCUT2D eigenvalue weighted by Crippen LogP contribution is -2.23. The van der Waals surface area contributed by atoms with Gasteiger partial charge in [0.05, 0.1) is 0 Å². The van der Waals surface area contributed by atoms with Crippen LogP contribution >= 0.6 is 23.2 Å². The van der Waals surface area contributed by atoms with Crippen molar-refractivity contribution in [1.29, 1.82) is 0 Å². The Morgan fingerprint density at radius 3 is 2.20 bits per heavy atom. The normalized spacial score (nSPS) is 23.6. The molecule has 1 unspecified atom stereocenters. The maximum Gasteiger partial charge on any atom is 0.0449 e. The van der Waals surface area contributed by atoms with Crippen LogP contribution in [0.15, 0.2) is 42.5 Å². The van der Waals surface area contributed by atoms with Crippen molar-refractivity contribution in [3.05, 3.63) is 69.2 Å². The maximum absolute atomic E-state index is 6.54. The second-order valence-corrected chi connectivity index (χ2v) is 7.41. The van der Waals surface area contributed by atoms with Crippen molar-refractivity contribution >= 4 is 23.2 Å². The van der Waals surface area contributed by atoms with Gasteiger partial charge in [0.25, 0.3) is 0 Å². The summed E-state index contributed by atoms with van der Waals surface area (Å²) in [6, 6.07) is 14.4. The van der Waals surface area contributed by atoms with E-state index < -0.39 is 0 Å². The Hall–Kier alpha value is -0.980. The second kappa shape index (κ2) is 4.51. The zero-order valence-corrected chi connectivity index (χ0v) is 13.5. The Balaban J connectivity index is 2.25. The van der Waals surface area contributed by atoms with Gasteiger partial charge < -0.3 is 0 Å². The SMILES string of the molecule is CC1(C)CC(C)(c2ccc(Cl)cc2)c2c(Cl)cccc21. The van der Waals surface area contributed by atoms with Crippen molar-refractivity contribution in [2.75, 3.05) is 0 Å². The average molecular weight is 305 g/mol. The summed E-state index contributed by atoms with van der Waals surface area (Å²) in [5.74, 6) is 0. The lowest BCUT2D eigenvalue weighted by molar-refractivity contribution is 0.425. The molecule has 0 aromatic heterocycles. The van der Waals surface area contributed by atoms with Gasteiger partial charge in [0, 0.05) is 15.5 Å². The van der Waals surface area contributed by atoms with Gasteiger partial charge in [-0.2, -0.15) is 0 Å². The van der Waals surface area contributed by atoms with Crippen LogP contribution in [0.5, 0.6) is 0 Å². The first-order chi connectivity index (χ1) is 9.34. The van der Waals surface area contributed by atoms with E-state index in [9.17, 15) is 0 Å². The van der Waals surface area contributed by atoms with Crippen LogP contribution in [0.3, 0.4) is 0 Å². The van der Waals surface area contributed by atoms with Gasteiger partial charge in [0.2, 0.25) is 0 Å². The molecule has 0 saturated heterocycles. The van der Waals surface area contributed by atoms with E-state index in [0.717, 1.165) is 16.5 Å². The van der Waals surface area contributed by atoms with E-state index in [0.29, 0.717) is 0 Å². The van der Waals surface area contributed by atoms with E-state index in [-0.39, 0.29) is 10.8 Å². The molecule has 2 heteroatoms. The smallest absolute Gasteiger partial charge is 0.0449 e. The molecule has 2 aromatic carbocycles. The number of halogens is 2. The quantitative estimate of drug-likeness (QED) is 0.608. The molecular weight excluding hydrogens is 287 g/mol. The lowest BCUT2D eigenvalue weighted by atomic mass is 9.75. The van der Waals surface area contributed by atoms with Gasteiger partial charge in [-0.15, -0.1) is 0 Å². The van der Waals surface area contributed by atoms with E-state index in [1.165, 1.54) is 16.7 Å². The van der Waals surface area contributed by atoms with Crippen molar-refractivity contribution in [2.24, 2.45) is 0 Å². The number of rotatable bonds is 1. The van der Waals surface area contributed by atoms with E-state index in [2.05, 4.69) is 45.0 Å². The molecule has 0 aliphatic heterocycles. The van der Waals surface area contributed by atoms with Crippen LogP contribution in [0.2, 0.25) is 10.0 Å². The van der Waals surface area contributed by atoms with E-state index in [4.69, 9.17) is 23.2 Å². The van der Waals surface area contributed by atoms with Gasteiger partial charge in [-0.3, -0.25) is 0 Å². The van der Waals surface area contributed by atoms with Gasteiger partial charge in [-0.05, 0) is 46.7 Å². The largest absolute Gasteiger partial charge is 0.0843 e. The fourth-order valence-corrected chi connectivity index (χ4v) is 4.29. The van der Waals surface area contributed by atoms with E-state index in [1.807, 2.05) is 18.2 Å². The van der Waals surface area contributed by atoms with Crippen LogP contribution in [0, 0.1) is 0 Å². The van der Waals surface area contributed by atoms with Crippen LogP contribution < -0.4 is 0 Å². The summed E-state index contributed by atoms with van der Waals surface area (Å²) >= 11 is 12.6. The van der Waals surface area contributed by atoms with Crippen LogP contribution in [-0.2, 0) is 10.8 Å². The van der Waals surface area contributed by atoms with Gasteiger partial charge in [0.1, 0.15) is 0 Å². The van der Waals surface area contributed by atoms with Crippen molar-refractivity contribution in [1.82, 2.24) is 0 Å². The average Bonchev–Trinajstić information content (AvgIpc) is 2.59. The molecule has 0 bridgehead atoms. The summed E-state index contributed by atoms with van der Waals surface area (Å²) in [5.41, 5.74) is 3.99. The minimum Gasteiger partial charge on any atom is -0.0843 e. The summed E-state index contributed by atoms with van der Waals surface area (Å²) in [6.45, 7) is 6.88. The van der Waals surface area contributed by atoms with Crippen LogP contribution in [0.4, 0.5) is 0 Å². The van der Waals surface area contributed by atoms with Crippen LogP contribution in [-0.4, -0.2) is 0 Å². The Bertz CT molecular complexity index is 656. The Labute approximate surface area is 130 Å². The van der Waals surface area contributed by atoms with Crippen molar-refractivity contribution in [2.45, 2.75) is 38.0 Å². The second-order valence-electron chi connectivity index (χ2n) is 6.56. The van der Waals surface area contributed by atoms with Crippen molar-refractivity contribution < 1.29 is 0 Å². The molecule has 20 heavy (non-hydrogen) atoms. The summed E-state index contributed by atoms with van der Waals surface area (Å²) in [5, 5.41) is 1.64. The zero-order chi connectivity index (χ0) is 14.5. The Kier molecular flexibility index (Phi) is 3.15. The topological polar surface area (TPSA) is 0 Å². The molecule has 0 nitrogen and oxygen atoms in total. The van der Waals surface area contributed by atoms with Crippen molar-refractivity contribution in [3.8, 4) is 0 Å². The molecule has 0 heterocycles. The molecule has 0 N–H and O–H groups in total. The monoisotopic (exact) mass is 304 g/mol. The first kappa shape index (κ1) is 14.0. The maximum atomic E-state index is 6.54. The molecule has 1 aliphatic rings. The van der Waals surface area contributed by atoms with Gasteiger partial charge in [-0.25, -0.2) is 0 Å². The third-order valence-electron chi connectivity index (χ3n) is 4.57. The van der Waals surface area contributed by atoms with E-state index in [1.54, 1.807) is 0 Å².